The molecule has 1 aliphatic heterocycles. The molecule has 1 unspecified atom stereocenters. The molecule has 14 heavy (non-hydrogen) atoms. The summed E-state index contributed by atoms with van der Waals surface area (Å²) in [5.41, 5.74) is -0.580. The van der Waals surface area contributed by atoms with Crippen molar-refractivity contribution in [1.82, 2.24) is 4.90 Å². The first-order valence-electron chi connectivity index (χ1n) is 4.60. The molecule has 0 N–H and O–H groups in total. The summed E-state index contributed by atoms with van der Waals surface area (Å²) >= 11 is 1.79. The smallest absolute Gasteiger partial charge is 0.445 e. The maximum atomic E-state index is 12.3. The Hall–Kier alpha value is -0.0951. The van der Waals surface area contributed by atoms with E-state index in [1.165, 1.54) is 0 Å². The Morgan fingerprint density at radius 2 is 2.21 bits per heavy atom. The third kappa shape index (κ3) is 3.24. The molecule has 0 radical (unpaired) electrons. The predicted octanol–water partition coefficient (Wildman–Crippen LogP) is 2.37. The van der Waals surface area contributed by atoms with E-state index < -0.39 is 12.4 Å². The highest BCUT2D eigenvalue weighted by atomic mass is 32.2. The fraction of sp³-hybridized carbons (Fsp3) is 0.750. The van der Waals surface area contributed by atoms with Crippen LogP contribution in [0.5, 0.6) is 0 Å². The van der Waals surface area contributed by atoms with E-state index in [4.69, 9.17) is 0 Å². The van der Waals surface area contributed by atoms with Gasteiger partial charge in [-0.3, -0.25) is 4.90 Å². The van der Waals surface area contributed by atoms with E-state index in [1.54, 1.807) is 11.8 Å². The van der Waals surface area contributed by atoms with Crippen molar-refractivity contribution in [3.63, 3.8) is 0 Å². The summed E-state index contributed by atoms with van der Waals surface area (Å²) in [5, 5.41) is 0. The van der Waals surface area contributed by atoms with Crippen LogP contribution in [-0.2, 0) is 0 Å². The van der Waals surface area contributed by atoms with E-state index in [0.717, 1.165) is 18.1 Å². The SMILES string of the molecule is C=C(CN1CCSCC1C)[B-](F)(F)F. The summed E-state index contributed by atoms with van der Waals surface area (Å²) in [4.78, 5) is 1.86. The van der Waals surface area contributed by atoms with Crippen LogP contribution in [0.3, 0.4) is 0 Å². The zero-order valence-corrected chi connectivity index (χ0v) is 9.00. The number of hydrogen-bond donors (Lipinski definition) is 0. The lowest BCUT2D eigenvalue weighted by molar-refractivity contribution is 0.252. The molecule has 0 saturated carbocycles. The van der Waals surface area contributed by atoms with Crippen LogP contribution in [-0.4, -0.2) is 42.5 Å². The van der Waals surface area contributed by atoms with Gasteiger partial charge in [0.15, 0.2) is 0 Å². The molecule has 0 aromatic carbocycles. The van der Waals surface area contributed by atoms with E-state index in [0.29, 0.717) is 0 Å². The second-order valence-electron chi connectivity index (χ2n) is 3.63. The number of rotatable bonds is 3. The fourth-order valence-corrected chi connectivity index (χ4v) is 2.44. The van der Waals surface area contributed by atoms with E-state index in [9.17, 15) is 12.9 Å². The molecule has 6 heteroatoms. The molecule has 0 amide bonds. The molecule has 0 aliphatic carbocycles. The Bertz CT molecular complexity index is 219. The van der Waals surface area contributed by atoms with E-state index in [2.05, 4.69) is 6.58 Å². The minimum atomic E-state index is -4.86. The highest BCUT2D eigenvalue weighted by Crippen LogP contribution is 2.22. The Morgan fingerprint density at radius 1 is 1.57 bits per heavy atom. The molecule has 1 saturated heterocycles. The Kier molecular flexibility index (Phi) is 3.95. The minimum absolute atomic E-state index is 0.0226. The highest BCUT2D eigenvalue weighted by Gasteiger charge is 2.29. The first-order chi connectivity index (χ1) is 6.41. The Morgan fingerprint density at radius 3 is 2.71 bits per heavy atom. The van der Waals surface area contributed by atoms with Crippen LogP contribution in [0.2, 0.25) is 0 Å². The molecule has 1 aliphatic rings. The van der Waals surface area contributed by atoms with E-state index in [-0.39, 0.29) is 12.6 Å². The molecule has 1 atom stereocenters. The van der Waals surface area contributed by atoms with Crippen LogP contribution in [0.1, 0.15) is 6.92 Å². The molecule has 1 rings (SSSR count). The number of hydrogen-bond acceptors (Lipinski definition) is 2. The van der Waals surface area contributed by atoms with Crippen LogP contribution in [0, 0.1) is 0 Å². The predicted molar refractivity (Wildman–Crippen MR) is 56.6 cm³/mol. The van der Waals surface area contributed by atoms with Gasteiger partial charge in [-0.05, 0) is 13.5 Å². The normalized spacial score (nSPS) is 25.0. The number of thioether (sulfide) groups is 1. The van der Waals surface area contributed by atoms with Crippen molar-refractivity contribution < 1.29 is 12.9 Å². The third-order valence-electron chi connectivity index (χ3n) is 2.37. The van der Waals surface area contributed by atoms with Crippen molar-refractivity contribution >= 4 is 18.7 Å². The van der Waals surface area contributed by atoms with E-state index in [1.807, 2.05) is 11.8 Å². The first-order valence-corrected chi connectivity index (χ1v) is 5.76. The minimum Gasteiger partial charge on any atom is -0.445 e. The van der Waals surface area contributed by atoms with Crippen molar-refractivity contribution in [3.05, 3.63) is 12.1 Å². The van der Waals surface area contributed by atoms with Crippen molar-refractivity contribution in [1.29, 1.82) is 0 Å². The molecule has 1 heterocycles. The van der Waals surface area contributed by atoms with Gasteiger partial charge in [0, 0.05) is 24.1 Å². The first kappa shape index (κ1) is 12.0. The van der Waals surface area contributed by atoms with Gasteiger partial charge in [-0.1, -0.05) is 0 Å². The lowest BCUT2D eigenvalue weighted by Crippen LogP contribution is -2.43. The molecule has 82 valence electrons. The highest BCUT2D eigenvalue weighted by molar-refractivity contribution is 7.99. The lowest BCUT2D eigenvalue weighted by atomic mass is 9.80. The van der Waals surface area contributed by atoms with Gasteiger partial charge in [-0.2, -0.15) is 11.8 Å². The molecule has 0 aromatic heterocycles. The zero-order chi connectivity index (χ0) is 10.8. The van der Waals surface area contributed by atoms with Crippen LogP contribution in [0.15, 0.2) is 12.1 Å². The quantitative estimate of drug-likeness (QED) is 0.677. The van der Waals surface area contributed by atoms with Crippen molar-refractivity contribution in [2.45, 2.75) is 13.0 Å². The van der Waals surface area contributed by atoms with Gasteiger partial charge in [0.05, 0.1) is 0 Å². The molecular formula is C8H14BF3NS-. The monoisotopic (exact) mass is 224 g/mol. The van der Waals surface area contributed by atoms with Crippen LogP contribution >= 0.6 is 11.8 Å². The zero-order valence-electron chi connectivity index (χ0n) is 8.18. The molecule has 0 aromatic rings. The van der Waals surface area contributed by atoms with Crippen LogP contribution in [0.25, 0.3) is 0 Å². The lowest BCUT2D eigenvalue weighted by Gasteiger charge is -2.35. The average molecular weight is 224 g/mol. The van der Waals surface area contributed by atoms with Gasteiger partial charge in [0.25, 0.3) is 0 Å². The maximum absolute atomic E-state index is 12.3. The van der Waals surface area contributed by atoms with Crippen LogP contribution in [0.4, 0.5) is 12.9 Å². The van der Waals surface area contributed by atoms with Crippen LogP contribution < -0.4 is 0 Å². The Balaban J connectivity index is 2.46. The molecular weight excluding hydrogens is 210 g/mol. The summed E-state index contributed by atoms with van der Waals surface area (Å²) in [6.07, 6.45) is 0. The average Bonchev–Trinajstić information content (AvgIpc) is 2.07. The number of halogens is 3. The third-order valence-corrected chi connectivity index (χ3v) is 3.56. The van der Waals surface area contributed by atoms with Gasteiger partial charge in [0.2, 0.25) is 0 Å². The summed E-state index contributed by atoms with van der Waals surface area (Å²) in [7, 11) is 0. The van der Waals surface area contributed by atoms with Gasteiger partial charge in [0.1, 0.15) is 0 Å². The van der Waals surface area contributed by atoms with Gasteiger partial charge < -0.3 is 12.9 Å². The van der Waals surface area contributed by atoms with Gasteiger partial charge in [-0.25, -0.2) is 0 Å². The summed E-state index contributed by atoms with van der Waals surface area (Å²) in [6, 6.07) is 0.226. The summed E-state index contributed by atoms with van der Waals surface area (Å²) in [5.74, 6) is 1.83. The standard InChI is InChI=1S/C8H14BF3NS/c1-7(9(10,11)12)5-13-3-4-14-6-8(13)2/h8H,1,3-6H2,2H3/q-1. The maximum Gasteiger partial charge on any atom is 0.506 e. The Labute approximate surface area is 86.8 Å². The summed E-state index contributed by atoms with van der Waals surface area (Å²) in [6.45, 7) is 0.918. The number of nitrogens with zero attached hydrogens (tertiary/aromatic N) is 1. The summed E-state index contributed by atoms with van der Waals surface area (Å²) < 4.78 is 36.8. The van der Waals surface area contributed by atoms with Gasteiger partial charge in [-0.15, -0.1) is 12.1 Å². The van der Waals surface area contributed by atoms with Crippen molar-refractivity contribution in [2.75, 3.05) is 24.6 Å². The molecule has 1 nitrogen and oxygen atoms in total. The van der Waals surface area contributed by atoms with Crippen molar-refractivity contribution in [3.8, 4) is 0 Å². The van der Waals surface area contributed by atoms with Gasteiger partial charge >= 0.3 is 6.98 Å². The van der Waals surface area contributed by atoms with E-state index >= 15 is 0 Å². The molecule has 1 fully saturated rings. The molecule has 0 spiro atoms. The second-order valence-corrected chi connectivity index (χ2v) is 4.78. The largest absolute Gasteiger partial charge is 0.506 e. The molecule has 0 bridgehead atoms. The topological polar surface area (TPSA) is 3.24 Å². The van der Waals surface area contributed by atoms with Crippen molar-refractivity contribution in [2.24, 2.45) is 0 Å². The second kappa shape index (κ2) is 4.62. The fourth-order valence-electron chi connectivity index (χ4n) is 1.36.